The zero-order valence-corrected chi connectivity index (χ0v) is 19.6. The molecule has 4 aromatic rings. The van der Waals surface area contributed by atoms with Crippen LogP contribution in [0.5, 0.6) is 5.75 Å². The Kier molecular flexibility index (Phi) is 6.49. The molecular formula is C26H25F2N5O3. The number of imidazole rings is 1. The second kappa shape index (κ2) is 9.88. The molecule has 1 fully saturated rings. The van der Waals surface area contributed by atoms with E-state index in [1.807, 2.05) is 34.6 Å². The molecule has 0 radical (unpaired) electrons. The second-order valence-electron chi connectivity index (χ2n) is 8.81. The molecule has 1 aromatic carbocycles. The second-order valence-corrected chi connectivity index (χ2v) is 8.81. The standard InChI is InChI=1S/C26H25F2N5O3/c1-16-21(11-17-5-2-3-7-22(17)36-25(27)28)33-15-18(8-9-23(33)31-16)19-13-29-26(30-14-19)32-10-4-6-20(32)12-24(34)35/h2-3,5,7-9,13-15,20,25H,4,6,10-12H2,1H3,(H,34,35)/t20-/m0/s1. The van der Waals surface area contributed by atoms with Gasteiger partial charge in [0, 0.05) is 60.0 Å². The molecule has 0 spiro atoms. The topological polar surface area (TPSA) is 92.9 Å². The minimum Gasteiger partial charge on any atom is -0.481 e. The number of hydrogen-bond donors (Lipinski definition) is 1. The van der Waals surface area contributed by atoms with Gasteiger partial charge in [0.05, 0.1) is 12.1 Å². The maximum atomic E-state index is 12.9. The molecule has 8 nitrogen and oxygen atoms in total. The van der Waals surface area contributed by atoms with E-state index in [4.69, 9.17) is 4.74 Å². The van der Waals surface area contributed by atoms with Crippen molar-refractivity contribution in [3.63, 3.8) is 0 Å². The number of fused-ring (bicyclic) bond motifs is 1. The number of aryl methyl sites for hydroxylation is 1. The first-order valence-corrected chi connectivity index (χ1v) is 11.7. The number of nitrogens with zero attached hydrogens (tertiary/aromatic N) is 5. The summed E-state index contributed by atoms with van der Waals surface area (Å²) >= 11 is 0. The van der Waals surface area contributed by atoms with Crippen LogP contribution in [0.3, 0.4) is 0 Å². The van der Waals surface area contributed by atoms with Gasteiger partial charge < -0.3 is 19.1 Å². The highest BCUT2D eigenvalue weighted by Gasteiger charge is 2.28. The Labute approximate surface area is 206 Å². The van der Waals surface area contributed by atoms with E-state index < -0.39 is 12.6 Å². The van der Waals surface area contributed by atoms with Crippen LogP contribution < -0.4 is 9.64 Å². The lowest BCUT2D eigenvalue weighted by atomic mass is 10.1. The van der Waals surface area contributed by atoms with Crippen molar-refractivity contribution in [2.24, 2.45) is 0 Å². The minimum atomic E-state index is -2.90. The average molecular weight is 494 g/mol. The van der Waals surface area contributed by atoms with Crippen LogP contribution in [0.25, 0.3) is 16.8 Å². The molecule has 1 aliphatic rings. The van der Waals surface area contributed by atoms with Crippen molar-refractivity contribution in [1.82, 2.24) is 19.4 Å². The molecule has 0 unspecified atom stereocenters. The van der Waals surface area contributed by atoms with Gasteiger partial charge in [0.25, 0.3) is 0 Å². The molecule has 0 bridgehead atoms. The quantitative estimate of drug-likeness (QED) is 0.379. The molecule has 0 saturated carbocycles. The molecule has 3 aromatic heterocycles. The molecule has 10 heteroatoms. The van der Waals surface area contributed by atoms with Crippen molar-refractivity contribution in [2.75, 3.05) is 11.4 Å². The van der Waals surface area contributed by atoms with Gasteiger partial charge in [-0.05, 0) is 38.0 Å². The van der Waals surface area contributed by atoms with Crippen LogP contribution in [-0.2, 0) is 11.2 Å². The van der Waals surface area contributed by atoms with Gasteiger partial charge in [-0.25, -0.2) is 15.0 Å². The molecule has 4 heterocycles. The Balaban J connectivity index is 1.43. The van der Waals surface area contributed by atoms with E-state index in [1.54, 1.807) is 30.6 Å². The minimum absolute atomic E-state index is 0.0655. The van der Waals surface area contributed by atoms with E-state index in [-0.39, 0.29) is 18.2 Å². The summed E-state index contributed by atoms with van der Waals surface area (Å²) in [5.74, 6) is -0.157. The summed E-state index contributed by atoms with van der Waals surface area (Å²) in [7, 11) is 0. The van der Waals surface area contributed by atoms with E-state index in [0.29, 0.717) is 17.9 Å². The van der Waals surface area contributed by atoms with Crippen LogP contribution in [0.1, 0.15) is 36.2 Å². The monoisotopic (exact) mass is 493 g/mol. The number of benzene rings is 1. The van der Waals surface area contributed by atoms with Gasteiger partial charge in [0.1, 0.15) is 11.4 Å². The zero-order valence-electron chi connectivity index (χ0n) is 19.6. The maximum absolute atomic E-state index is 12.9. The number of halogens is 2. The number of carboxylic acid groups (broad SMARTS) is 1. The summed E-state index contributed by atoms with van der Waals surface area (Å²) in [6, 6.07) is 10.5. The molecule has 186 valence electrons. The third kappa shape index (κ3) is 4.84. The smallest absolute Gasteiger partial charge is 0.387 e. The molecule has 1 saturated heterocycles. The number of para-hydroxylation sites is 1. The number of anilines is 1. The van der Waals surface area contributed by atoms with E-state index in [1.165, 1.54) is 6.07 Å². The molecule has 1 atom stereocenters. The van der Waals surface area contributed by atoms with Crippen LogP contribution in [-0.4, -0.2) is 49.6 Å². The van der Waals surface area contributed by atoms with Gasteiger partial charge in [0.2, 0.25) is 5.95 Å². The molecule has 0 amide bonds. The first kappa shape index (κ1) is 23.7. The summed E-state index contributed by atoms with van der Waals surface area (Å²) in [6.07, 6.45) is 7.55. The van der Waals surface area contributed by atoms with Crippen molar-refractivity contribution in [1.29, 1.82) is 0 Å². The maximum Gasteiger partial charge on any atom is 0.387 e. The Morgan fingerprint density at radius 3 is 2.69 bits per heavy atom. The van der Waals surface area contributed by atoms with Crippen LogP contribution >= 0.6 is 0 Å². The summed E-state index contributed by atoms with van der Waals surface area (Å²) in [5.41, 5.74) is 4.71. The number of ether oxygens (including phenoxy) is 1. The third-order valence-electron chi connectivity index (χ3n) is 6.48. The zero-order chi connectivity index (χ0) is 25.2. The SMILES string of the molecule is Cc1nc2ccc(-c3cnc(N4CCC[C@H]4CC(=O)O)nc3)cn2c1Cc1ccccc1OC(F)F. The summed E-state index contributed by atoms with van der Waals surface area (Å²) in [4.78, 5) is 26.8. The predicted molar refractivity (Wildman–Crippen MR) is 129 cm³/mol. The van der Waals surface area contributed by atoms with Gasteiger partial charge in [-0.2, -0.15) is 8.78 Å². The largest absolute Gasteiger partial charge is 0.481 e. The van der Waals surface area contributed by atoms with Crippen molar-refractivity contribution in [3.05, 3.63) is 71.9 Å². The summed E-state index contributed by atoms with van der Waals surface area (Å²) < 4.78 is 32.4. The highest BCUT2D eigenvalue weighted by atomic mass is 19.3. The molecule has 1 N–H and O–H groups in total. The van der Waals surface area contributed by atoms with Gasteiger partial charge >= 0.3 is 12.6 Å². The van der Waals surface area contributed by atoms with E-state index >= 15 is 0 Å². The van der Waals surface area contributed by atoms with Crippen LogP contribution in [0.2, 0.25) is 0 Å². The number of alkyl halides is 2. The number of pyridine rings is 1. The fourth-order valence-corrected chi connectivity index (χ4v) is 4.77. The first-order valence-electron chi connectivity index (χ1n) is 11.7. The van der Waals surface area contributed by atoms with E-state index in [2.05, 4.69) is 15.0 Å². The Morgan fingerprint density at radius 1 is 1.17 bits per heavy atom. The van der Waals surface area contributed by atoms with E-state index in [0.717, 1.165) is 47.5 Å². The van der Waals surface area contributed by atoms with Gasteiger partial charge in [-0.15, -0.1) is 0 Å². The molecule has 0 aliphatic carbocycles. The normalized spacial score (nSPS) is 15.7. The lowest BCUT2D eigenvalue weighted by Crippen LogP contribution is -2.32. The molecule has 1 aliphatic heterocycles. The lowest BCUT2D eigenvalue weighted by Gasteiger charge is -2.23. The number of aromatic nitrogens is 4. The van der Waals surface area contributed by atoms with E-state index in [9.17, 15) is 18.7 Å². The van der Waals surface area contributed by atoms with Crippen molar-refractivity contribution in [3.8, 4) is 16.9 Å². The Hall–Kier alpha value is -4.08. The van der Waals surface area contributed by atoms with Crippen LogP contribution in [0.15, 0.2) is 55.0 Å². The predicted octanol–water partition coefficient (Wildman–Crippen LogP) is 4.74. The van der Waals surface area contributed by atoms with Crippen LogP contribution in [0.4, 0.5) is 14.7 Å². The average Bonchev–Trinajstić information content (AvgIpc) is 3.43. The van der Waals surface area contributed by atoms with Crippen molar-refractivity contribution < 1.29 is 23.4 Å². The van der Waals surface area contributed by atoms with Gasteiger partial charge in [-0.3, -0.25) is 4.79 Å². The number of hydrogen-bond acceptors (Lipinski definition) is 6. The number of carbonyl (C=O) groups is 1. The highest BCUT2D eigenvalue weighted by molar-refractivity contribution is 5.68. The lowest BCUT2D eigenvalue weighted by molar-refractivity contribution is -0.137. The number of carboxylic acids is 1. The third-order valence-corrected chi connectivity index (χ3v) is 6.48. The fourth-order valence-electron chi connectivity index (χ4n) is 4.77. The summed E-state index contributed by atoms with van der Waals surface area (Å²) in [6.45, 7) is -0.276. The van der Waals surface area contributed by atoms with Crippen molar-refractivity contribution in [2.45, 2.75) is 45.3 Å². The summed E-state index contributed by atoms with van der Waals surface area (Å²) in [5, 5.41) is 9.17. The Bertz CT molecular complexity index is 1390. The first-order chi connectivity index (χ1) is 17.4. The number of aliphatic carboxylic acids is 1. The van der Waals surface area contributed by atoms with Gasteiger partial charge in [-0.1, -0.05) is 18.2 Å². The van der Waals surface area contributed by atoms with Gasteiger partial charge in [0.15, 0.2) is 0 Å². The van der Waals surface area contributed by atoms with Crippen LogP contribution in [0, 0.1) is 6.92 Å². The number of rotatable bonds is 8. The van der Waals surface area contributed by atoms with Crippen molar-refractivity contribution >= 4 is 17.6 Å². The molecule has 5 rings (SSSR count). The Morgan fingerprint density at radius 2 is 1.94 bits per heavy atom. The highest BCUT2D eigenvalue weighted by Crippen LogP contribution is 2.28. The molecule has 36 heavy (non-hydrogen) atoms. The molecular weight excluding hydrogens is 468 g/mol. The fraction of sp³-hybridized carbons (Fsp3) is 0.308.